The van der Waals surface area contributed by atoms with E-state index in [4.69, 9.17) is 28.7 Å². The third-order valence-electron chi connectivity index (χ3n) is 8.20. The Hall–Kier alpha value is -1.34. The minimum Gasteiger partial charge on any atom is -0.393 e. The molecule has 1 unspecified atom stereocenters. The molecule has 0 bridgehead atoms. The molecule has 9 atom stereocenters. The number of ketones is 2. The summed E-state index contributed by atoms with van der Waals surface area (Å²) in [6.45, 7) is -4.40. The maximum atomic E-state index is 13.9. The van der Waals surface area contributed by atoms with Gasteiger partial charge >= 0.3 is 0 Å². The summed E-state index contributed by atoms with van der Waals surface area (Å²) in [4.78, 5) is 26.5. The van der Waals surface area contributed by atoms with Gasteiger partial charge in [0, 0.05) is 29.1 Å². The molecule has 31 heavy (non-hydrogen) atoms. The smallest absolute Gasteiger partial charge is 0.193 e. The second-order valence-electron chi connectivity index (χ2n) is 9.40. The molecule has 0 spiro atoms. The van der Waals surface area contributed by atoms with Crippen LogP contribution in [0.2, 0.25) is 0 Å². The Morgan fingerprint density at radius 2 is 2.29 bits per heavy atom. The number of Topliss-reactive ketones (excluding diaryl/α,β-unsaturated/α-hetero) is 1. The van der Waals surface area contributed by atoms with Crippen molar-refractivity contribution in [2.45, 2.75) is 83.2 Å². The summed E-state index contributed by atoms with van der Waals surface area (Å²) in [5, 5.41) is 22.1. The standard InChI is InChI=1S/C25H34O6/c1-4-5-21-30-20-11-17-16-7-6-14-10-15(27)8-9-23(14,2)22(16)18(28)12-24(17,3)25(20,31-21)19(29)13-26/h8-10,16-18,20-22,26,28H,4-7,11-13H2,1-3H3/t16-,17-,18-,20+,21?,22+,23-,24-,25+/m0/s1/i1D3,4D2,5D2,6D2,8D,9D,10D,13D2. The molecule has 1 aliphatic heterocycles. The quantitative estimate of drug-likeness (QED) is 0.693. The largest absolute Gasteiger partial charge is 0.393 e. The van der Waals surface area contributed by atoms with Crippen LogP contribution in [0.3, 0.4) is 0 Å². The molecule has 0 aromatic heterocycles. The van der Waals surface area contributed by atoms with Crippen LogP contribution in [0.1, 0.15) is 78.3 Å². The van der Waals surface area contributed by atoms with Crippen LogP contribution in [0, 0.1) is 28.6 Å². The monoisotopic (exact) mass is 444 g/mol. The minimum absolute atomic E-state index is 0.293. The number of hydrogen-bond donors (Lipinski definition) is 2. The lowest BCUT2D eigenvalue weighted by Gasteiger charge is -2.59. The molecule has 0 aromatic rings. The maximum Gasteiger partial charge on any atom is 0.193 e. The van der Waals surface area contributed by atoms with Crippen LogP contribution in [-0.4, -0.2) is 52.4 Å². The van der Waals surface area contributed by atoms with E-state index in [1.807, 2.05) is 0 Å². The van der Waals surface area contributed by atoms with Crippen molar-refractivity contribution in [1.29, 1.82) is 0 Å². The summed E-state index contributed by atoms with van der Waals surface area (Å²) in [6, 6.07) is -2.21. The highest BCUT2D eigenvalue weighted by Crippen LogP contribution is 2.69. The zero-order valence-electron chi connectivity index (χ0n) is 31.1. The number of aliphatic hydroxyl groups excluding tert-OH is 1. The molecule has 4 fully saturated rings. The predicted molar refractivity (Wildman–Crippen MR) is 113 cm³/mol. The Labute approximate surface area is 203 Å². The fourth-order valence-corrected chi connectivity index (χ4v) is 7.02. The number of carbonyl (C=O) groups is 2. The summed E-state index contributed by atoms with van der Waals surface area (Å²) in [7, 11) is 0. The fourth-order valence-electron chi connectivity index (χ4n) is 7.02. The van der Waals surface area contributed by atoms with Gasteiger partial charge in [0.25, 0.3) is 0 Å². The first-order valence-electron chi connectivity index (χ1n) is 17.3. The van der Waals surface area contributed by atoms with Crippen LogP contribution in [0.25, 0.3) is 0 Å². The molecule has 6 heteroatoms. The topological polar surface area (TPSA) is 93.1 Å². The van der Waals surface area contributed by atoms with Crippen molar-refractivity contribution < 1.29 is 48.5 Å². The lowest BCUT2D eigenvalue weighted by Crippen LogP contribution is -2.63. The molecule has 2 N–H and O–H groups in total. The van der Waals surface area contributed by atoms with E-state index in [9.17, 15) is 19.8 Å². The van der Waals surface area contributed by atoms with Gasteiger partial charge < -0.3 is 19.7 Å². The van der Waals surface area contributed by atoms with Crippen LogP contribution in [-0.2, 0) is 19.1 Å². The first-order chi connectivity index (χ1) is 20.1. The van der Waals surface area contributed by atoms with Gasteiger partial charge in [-0.15, -0.1) is 0 Å². The van der Waals surface area contributed by atoms with Crippen molar-refractivity contribution in [3.63, 3.8) is 0 Å². The van der Waals surface area contributed by atoms with Crippen molar-refractivity contribution in [1.82, 2.24) is 0 Å². The lowest BCUT2D eigenvalue weighted by molar-refractivity contribution is -0.200. The molecule has 5 rings (SSSR count). The Morgan fingerprint density at radius 3 is 3.03 bits per heavy atom. The Kier molecular flexibility index (Phi) is 2.45. The molecule has 5 aliphatic rings. The first-order valence-corrected chi connectivity index (χ1v) is 10.3. The van der Waals surface area contributed by atoms with Gasteiger partial charge in [0.05, 0.1) is 19.1 Å². The molecule has 1 heterocycles. The molecule has 0 radical (unpaired) electrons. The number of hydrogen-bond acceptors (Lipinski definition) is 6. The number of aliphatic hydroxyl groups is 2. The minimum atomic E-state index is -3.63. The molecule has 4 aliphatic carbocycles. The summed E-state index contributed by atoms with van der Waals surface area (Å²) in [6.07, 6.45) is -16.2. The van der Waals surface area contributed by atoms with Crippen molar-refractivity contribution in [3.8, 4) is 0 Å². The van der Waals surface area contributed by atoms with Gasteiger partial charge in [0.15, 0.2) is 23.5 Å². The molecular weight excluding hydrogens is 396 g/mol. The third-order valence-corrected chi connectivity index (χ3v) is 8.20. The normalized spacial score (nSPS) is 61.4. The number of fused-ring (bicyclic) bond motifs is 7. The first kappa shape index (κ1) is 10.7. The maximum absolute atomic E-state index is 13.9. The Bertz CT molecular complexity index is 1420. The average Bonchev–Trinajstić information content (AvgIpc) is 3.37. The van der Waals surface area contributed by atoms with E-state index < -0.39 is 128 Å². The van der Waals surface area contributed by atoms with Gasteiger partial charge in [-0.25, -0.2) is 0 Å². The van der Waals surface area contributed by atoms with Crippen LogP contribution in [0.5, 0.6) is 0 Å². The molecule has 170 valence electrons. The second kappa shape index (κ2) is 7.08. The zero-order valence-corrected chi connectivity index (χ0v) is 17.1. The van der Waals surface area contributed by atoms with Gasteiger partial charge in [-0.3, -0.25) is 9.59 Å². The molecule has 0 amide bonds. The van der Waals surface area contributed by atoms with Crippen LogP contribution in [0.4, 0.5) is 0 Å². The van der Waals surface area contributed by atoms with E-state index in [1.54, 1.807) is 0 Å². The second-order valence-corrected chi connectivity index (χ2v) is 9.40. The zero-order chi connectivity index (χ0) is 34.5. The summed E-state index contributed by atoms with van der Waals surface area (Å²) in [5.41, 5.74) is -6.54. The van der Waals surface area contributed by atoms with Crippen molar-refractivity contribution >= 4 is 11.6 Å². The number of rotatable bonds is 4. The van der Waals surface area contributed by atoms with Gasteiger partial charge in [-0.2, -0.15) is 0 Å². The molecule has 6 nitrogen and oxygen atoms in total. The van der Waals surface area contributed by atoms with E-state index in [2.05, 4.69) is 0 Å². The highest BCUT2D eigenvalue weighted by atomic mass is 16.7. The SMILES string of the molecule is [2H]C1=C([2H])[C@@]2(C)C(=C([2H])C1=O)C([2H])([2H])C[C@@H]1[C@@H]2[C@@H](O)C[C@@]2(C)[C@H]1C[C@H]1OC(C([2H])([2H])C([2H])([2H])C([2H])([2H])[2H])O[C@]12C(=O)C([2H])([2H])O. The van der Waals surface area contributed by atoms with Gasteiger partial charge in [0.1, 0.15) is 6.56 Å². The fraction of sp³-hybridized carbons (Fsp3) is 0.760. The summed E-state index contributed by atoms with van der Waals surface area (Å²) < 4.78 is 126. The molecule has 1 saturated heterocycles. The summed E-state index contributed by atoms with van der Waals surface area (Å²) >= 11 is 0. The van der Waals surface area contributed by atoms with E-state index in [-0.39, 0.29) is 12.0 Å². The van der Waals surface area contributed by atoms with Gasteiger partial charge in [0.2, 0.25) is 0 Å². The van der Waals surface area contributed by atoms with Gasteiger partial charge in [-0.05, 0) is 55.9 Å². The molecule has 3 saturated carbocycles. The van der Waals surface area contributed by atoms with Crippen molar-refractivity contribution in [2.24, 2.45) is 28.6 Å². The van der Waals surface area contributed by atoms with Crippen LogP contribution >= 0.6 is 0 Å². The highest BCUT2D eigenvalue weighted by molar-refractivity contribution is 6.01. The van der Waals surface area contributed by atoms with E-state index in [1.165, 1.54) is 13.8 Å². The van der Waals surface area contributed by atoms with E-state index in [0.29, 0.717) is 0 Å². The van der Waals surface area contributed by atoms with Gasteiger partial charge in [-0.1, -0.05) is 38.7 Å². The Balaban J connectivity index is 1.67. The number of carbonyl (C=O) groups excluding carboxylic acids is 2. The number of allylic oxidation sites excluding steroid dienone is 4. The third kappa shape index (κ3) is 2.65. The highest BCUT2D eigenvalue weighted by Gasteiger charge is 2.75. The lowest BCUT2D eigenvalue weighted by atomic mass is 9.46. The molecule has 0 aromatic carbocycles. The average molecular weight is 445 g/mol. The van der Waals surface area contributed by atoms with Crippen molar-refractivity contribution in [3.05, 3.63) is 23.7 Å². The van der Waals surface area contributed by atoms with Crippen LogP contribution < -0.4 is 0 Å². The predicted octanol–water partition coefficient (Wildman–Crippen LogP) is 2.72. The van der Waals surface area contributed by atoms with Crippen molar-refractivity contribution in [2.75, 3.05) is 6.56 Å². The number of ether oxygens (including phenoxy) is 2. The van der Waals surface area contributed by atoms with Crippen LogP contribution in [0.15, 0.2) is 23.7 Å². The van der Waals surface area contributed by atoms with E-state index in [0.717, 1.165) is 0 Å². The molecular formula is C25H34O6. The van der Waals surface area contributed by atoms with E-state index >= 15 is 0 Å². The summed E-state index contributed by atoms with van der Waals surface area (Å²) in [5.74, 6) is -5.75. The Morgan fingerprint density at radius 1 is 1.48 bits per heavy atom.